The fourth-order valence-corrected chi connectivity index (χ4v) is 6.42. The molecule has 3 aromatic rings. The van der Waals surface area contributed by atoms with Crippen LogP contribution in [-0.2, 0) is 14.8 Å². The molecule has 13 heteroatoms. The lowest BCUT2D eigenvalue weighted by molar-refractivity contribution is -0.131. The molecule has 232 valence electrons. The number of carbonyl (C=O) groups excluding carboxylic acids is 1. The first-order chi connectivity index (χ1) is 20.7. The van der Waals surface area contributed by atoms with Gasteiger partial charge in [-0.15, -0.1) is 10.2 Å². The lowest BCUT2D eigenvalue weighted by atomic mass is 10.1. The molecule has 4 rings (SSSR count). The van der Waals surface area contributed by atoms with Gasteiger partial charge in [0.05, 0.1) is 31.4 Å². The number of sulfonamides is 1. The molecule has 11 nitrogen and oxygen atoms in total. The van der Waals surface area contributed by atoms with Gasteiger partial charge < -0.3 is 24.2 Å². The Balaban J connectivity index is 1.41. The molecule has 0 radical (unpaired) electrons. The molecule has 0 saturated carbocycles. The summed E-state index contributed by atoms with van der Waals surface area (Å²) in [5, 5.41) is 9.29. The zero-order valence-corrected chi connectivity index (χ0v) is 26.6. The Morgan fingerprint density at radius 2 is 1.60 bits per heavy atom. The van der Waals surface area contributed by atoms with Gasteiger partial charge in [-0.25, -0.2) is 8.42 Å². The first kappa shape index (κ1) is 32.5. The molecule has 1 fully saturated rings. The molecule has 0 N–H and O–H groups in total. The highest BCUT2D eigenvalue weighted by Crippen LogP contribution is 2.32. The van der Waals surface area contributed by atoms with Gasteiger partial charge in [-0.2, -0.15) is 4.31 Å². The van der Waals surface area contributed by atoms with Crippen LogP contribution in [0.4, 0.5) is 5.82 Å². The molecular weight excluding hydrogens is 592 g/mol. The van der Waals surface area contributed by atoms with Crippen LogP contribution in [0, 0.1) is 0 Å². The smallest absolute Gasteiger partial charge is 0.243 e. The summed E-state index contributed by atoms with van der Waals surface area (Å²) < 4.78 is 39.1. The Labute approximate surface area is 259 Å². The summed E-state index contributed by atoms with van der Waals surface area (Å²) in [6.07, 6.45) is 0. The second kappa shape index (κ2) is 14.8. The van der Waals surface area contributed by atoms with Gasteiger partial charge in [0, 0.05) is 55.9 Å². The zero-order valence-electron chi connectivity index (χ0n) is 25.1. The Hall–Kier alpha value is -3.45. The molecule has 0 bridgehead atoms. The molecule has 0 unspecified atom stereocenters. The van der Waals surface area contributed by atoms with Gasteiger partial charge in [-0.1, -0.05) is 25.4 Å². The minimum Gasteiger partial charge on any atom is -0.497 e. The van der Waals surface area contributed by atoms with Crippen molar-refractivity contribution in [2.45, 2.75) is 18.7 Å². The number of nitrogens with zero attached hydrogens (tertiary/aromatic N) is 6. The minimum atomic E-state index is -3.90. The molecule has 0 atom stereocenters. The van der Waals surface area contributed by atoms with Gasteiger partial charge >= 0.3 is 0 Å². The quantitative estimate of drug-likeness (QED) is 0.280. The number of amides is 1. The number of aromatic nitrogens is 2. The van der Waals surface area contributed by atoms with Crippen molar-refractivity contribution in [1.82, 2.24) is 24.3 Å². The largest absolute Gasteiger partial charge is 0.497 e. The molecular formula is C30H39ClN6O5S. The summed E-state index contributed by atoms with van der Waals surface area (Å²) in [7, 11) is -0.702. The van der Waals surface area contributed by atoms with E-state index in [4.69, 9.17) is 21.1 Å². The number of ether oxygens (including phenoxy) is 2. The van der Waals surface area contributed by atoms with Crippen molar-refractivity contribution in [3.63, 3.8) is 0 Å². The molecule has 1 amide bonds. The normalized spacial score (nSPS) is 13.9. The number of hydrogen-bond donors (Lipinski definition) is 0. The highest BCUT2D eigenvalue weighted by molar-refractivity contribution is 7.89. The number of benzene rings is 2. The van der Waals surface area contributed by atoms with E-state index in [1.165, 1.54) is 16.4 Å². The van der Waals surface area contributed by atoms with E-state index in [0.717, 1.165) is 18.7 Å². The predicted molar refractivity (Wildman–Crippen MR) is 167 cm³/mol. The van der Waals surface area contributed by atoms with Crippen LogP contribution < -0.4 is 14.4 Å². The highest BCUT2D eigenvalue weighted by Gasteiger charge is 2.30. The summed E-state index contributed by atoms with van der Waals surface area (Å²) in [6, 6.07) is 15.3. The molecule has 0 aliphatic carbocycles. The number of likely N-dealkylation sites (N-methyl/N-ethyl adjacent to an activating group) is 1. The molecule has 1 aromatic heterocycles. The maximum Gasteiger partial charge on any atom is 0.243 e. The van der Waals surface area contributed by atoms with Crippen LogP contribution in [0.5, 0.6) is 11.5 Å². The summed E-state index contributed by atoms with van der Waals surface area (Å²) in [6.45, 7) is 8.13. The molecule has 43 heavy (non-hydrogen) atoms. The summed E-state index contributed by atoms with van der Waals surface area (Å²) >= 11 is 5.98. The summed E-state index contributed by atoms with van der Waals surface area (Å²) in [4.78, 5) is 19.4. The standard InChI is InChI=1S/C30H39ClN6O5S/c1-5-34(6-2)15-20-37(43(39,40)25-10-7-23(31)8-11-25)22-30(38)36-18-16-35(17-19-36)29-14-13-27(32-33-29)26-12-9-24(41-3)21-28(26)42-4/h7-14,21H,5-6,15-20,22H2,1-4H3. The van der Waals surface area contributed by atoms with Crippen LogP contribution in [0.25, 0.3) is 11.3 Å². The predicted octanol–water partition coefficient (Wildman–Crippen LogP) is 3.50. The highest BCUT2D eigenvalue weighted by atomic mass is 35.5. The Bertz CT molecular complexity index is 1460. The summed E-state index contributed by atoms with van der Waals surface area (Å²) in [5.41, 5.74) is 1.47. The first-order valence-corrected chi connectivity index (χ1v) is 16.1. The van der Waals surface area contributed by atoms with Gasteiger partial charge in [-0.3, -0.25) is 4.79 Å². The minimum absolute atomic E-state index is 0.114. The lowest BCUT2D eigenvalue weighted by Crippen LogP contribution is -2.52. The first-order valence-electron chi connectivity index (χ1n) is 14.3. The van der Waals surface area contributed by atoms with Crippen LogP contribution in [0.15, 0.2) is 59.5 Å². The van der Waals surface area contributed by atoms with Crippen molar-refractivity contribution in [3.05, 3.63) is 59.6 Å². The van der Waals surface area contributed by atoms with Crippen molar-refractivity contribution >= 4 is 33.3 Å². The van der Waals surface area contributed by atoms with Crippen molar-refractivity contribution in [1.29, 1.82) is 0 Å². The van der Waals surface area contributed by atoms with Gasteiger partial charge in [0.25, 0.3) is 0 Å². The number of methoxy groups -OCH3 is 2. The van der Waals surface area contributed by atoms with Gasteiger partial charge in [0.15, 0.2) is 5.82 Å². The van der Waals surface area contributed by atoms with E-state index in [0.29, 0.717) is 60.8 Å². The Kier molecular flexibility index (Phi) is 11.2. The number of halogens is 1. The van der Waals surface area contributed by atoms with E-state index in [1.807, 2.05) is 38.1 Å². The average molecular weight is 631 g/mol. The maximum absolute atomic E-state index is 13.5. The number of hydrogen-bond acceptors (Lipinski definition) is 9. The van der Waals surface area contributed by atoms with Crippen LogP contribution in [0.3, 0.4) is 0 Å². The van der Waals surface area contributed by atoms with Gasteiger partial charge in [0.1, 0.15) is 11.5 Å². The molecule has 1 saturated heterocycles. The molecule has 1 aliphatic heterocycles. The number of carbonyl (C=O) groups is 1. The van der Waals surface area contributed by atoms with Crippen LogP contribution >= 0.6 is 11.6 Å². The molecule has 2 aromatic carbocycles. The van der Waals surface area contributed by atoms with Crippen molar-refractivity contribution < 1.29 is 22.7 Å². The van der Waals surface area contributed by atoms with Gasteiger partial charge in [0.2, 0.25) is 15.9 Å². The van der Waals surface area contributed by atoms with Crippen molar-refractivity contribution in [2.24, 2.45) is 0 Å². The maximum atomic E-state index is 13.5. The van der Waals surface area contributed by atoms with E-state index < -0.39 is 10.0 Å². The van der Waals surface area contributed by atoms with Crippen LogP contribution in [-0.4, -0.2) is 112 Å². The lowest BCUT2D eigenvalue weighted by Gasteiger charge is -2.36. The number of piperazine rings is 1. The summed E-state index contributed by atoms with van der Waals surface area (Å²) in [5.74, 6) is 1.80. The number of anilines is 1. The second-order valence-corrected chi connectivity index (χ2v) is 12.4. The third kappa shape index (κ3) is 7.94. The van der Waals surface area contributed by atoms with Crippen molar-refractivity contribution in [3.8, 4) is 22.8 Å². The van der Waals surface area contributed by atoms with Crippen molar-refractivity contribution in [2.75, 3.05) is 78.0 Å². The van der Waals surface area contributed by atoms with E-state index in [2.05, 4.69) is 20.0 Å². The van der Waals surface area contributed by atoms with E-state index in [-0.39, 0.29) is 23.9 Å². The fourth-order valence-electron chi connectivity index (χ4n) is 4.92. The Morgan fingerprint density at radius 3 is 2.19 bits per heavy atom. The van der Waals surface area contributed by atoms with Gasteiger partial charge in [-0.05, 0) is 61.6 Å². The second-order valence-electron chi connectivity index (χ2n) is 10.0. The molecule has 2 heterocycles. The third-order valence-corrected chi connectivity index (χ3v) is 9.73. The fraction of sp³-hybridized carbons (Fsp3) is 0.433. The van der Waals surface area contributed by atoms with E-state index >= 15 is 0 Å². The van der Waals surface area contributed by atoms with Crippen LogP contribution in [0.1, 0.15) is 13.8 Å². The van der Waals surface area contributed by atoms with Crippen LogP contribution in [0.2, 0.25) is 5.02 Å². The third-order valence-electron chi connectivity index (χ3n) is 7.61. The monoisotopic (exact) mass is 630 g/mol. The average Bonchev–Trinajstić information content (AvgIpc) is 3.04. The molecule has 0 spiro atoms. The van der Waals surface area contributed by atoms with E-state index in [1.54, 1.807) is 37.3 Å². The molecule has 1 aliphatic rings. The SMILES string of the molecule is CCN(CC)CCN(CC(=O)N1CCN(c2ccc(-c3ccc(OC)cc3OC)nn2)CC1)S(=O)(=O)c1ccc(Cl)cc1. The number of rotatable bonds is 13. The topological polar surface area (TPSA) is 108 Å². The zero-order chi connectivity index (χ0) is 31.0. The van der Waals surface area contributed by atoms with E-state index in [9.17, 15) is 13.2 Å². The Morgan fingerprint density at radius 1 is 0.907 bits per heavy atom.